The molecule has 0 unspecified atom stereocenters. The first-order chi connectivity index (χ1) is 45.9. The number of carboxylic acid groups (broad SMARTS) is 2. The number of aromatic nitrogens is 2. The number of hydrogen-bond donors (Lipinski definition) is 19. The highest BCUT2D eigenvalue weighted by Crippen LogP contribution is 2.24. The van der Waals surface area contributed by atoms with Crippen molar-refractivity contribution in [2.75, 3.05) is 52.5 Å². The summed E-state index contributed by atoms with van der Waals surface area (Å²) in [6.07, 6.45) is 0.947. The molecule has 0 bridgehead atoms. The van der Waals surface area contributed by atoms with Crippen LogP contribution in [-0.2, 0) is 73.5 Å². The Bertz CT molecular complexity index is 2950. The van der Waals surface area contributed by atoms with Gasteiger partial charge in [0, 0.05) is 50.9 Å². The van der Waals surface area contributed by atoms with E-state index in [-0.39, 0.29) is 96.3 Å². The van der Waals surface area contributed by atoms with Crippen LogP contribution in [0.1, 0.15) is 117 Å². The number of aromatic amines is 1. The van der Waals surface area contributed by atoms with Crippen LogP contribution in [0.4, 0.5) is 0 Å². The lowest BCUT2D eigenvalue weighted by Crippen LogP contribution is -2.63. The van der Waals surface area contributed by atoms with Crippen molar-refractivity contribution in [3.8, 4) is 0 Å². The Morgan fingerprint density at radius 1 is 0.588 bits per heavy atom. The summed E-state index contributed by atoms with van der Waals surface area (Å²) in [5.74, 6) is -15.6. The number of aliphatic imine (C=N–C) groups is 1. The summed E-state index contributed by atoms with van der Waals surface area (Å²) in [5, 5.41) is 82.3. The van der Waals surface area contributed by atoms with Gasteiger partial charge in [0.15, 0.2) is 5.96 Å². The predicted octanol–water partition coefficient (Wildman–Crippen LogP) is -8.30. The number of carbonyl (C=O) groups is 14. The largest absolute Gasteiger partial charge is 0.481 e. The normalized spacial score (nSPS) is 19.6. The van der Waals surface area contributed by atoms with Gasteiger partial charge in [-0.1, -0.05) is 40.5 Å². The number of nitrogens with two attached hydrogens (primary N) is 3. The van der Waals surface area contributed by atoms with Gasteiger partial charge in [-0.15, -0.1) is 0 Å². The molecule has 12 amide bonds. The molecule has 22 N–H and O–H groups in total. The molecule has 0 radical (unpaired) electrons. The third-order valence-electron chi connectivity index (χ3n) is 17.2. The lowest BCUT2D eigenvalue weighted by atomic mass is 9.95. The van der Waals surface area contributed by atoms with Gasteiger partial charge in [0.2, 0.25) is 70.9 Å². The topological polar surface area (TPSA) is 597 Å². The zero-order valence-electron chi connectivity index (χ0n) is 55.0. The fraction of sp³-hybridized carbons (Fsp3) is 0.695. The maximum Gasteiger partial charge on any atom is 0.326 e. The van der Waals surface area contributed by atoms with Crippen molar-refractivity contribution in [1.82, 2.24) is 72.5 Å². The van der Waals surface area contributed by atoms with Gasteiger partial charge in [-0.05, 0) is 76.5 Å². The van der Waals surface area contributed by atoms with E-state index in [1.54, 1.807) is 27.7 Å². The van der Waals surface area contributed by atoms with Crippen LogP contribution in [0.25, 0.3) is 0 Å². The number of amides is 12. The minimum absolute atomic E-state index is 0.0249. The number of imidazole rings is 1. The van der Waals surface area contributed by atoms with Crippen molar-refractivity contribution in [3.63, 3.8) is 0 Å². The van der Waals surface area contributed by atoms with Crippen LogP contribution in [-0.4, -0.2) is 275 Å². The number of carboxylic acids is 2. The summed E-state index contributed by atoms with van der Waals surface area (Å²) < 4.78 is 0. The molecule has 3 aliphatic heterocycles. The molecule has 1 aromatic heterocycles. The first-order valence-electron chi connectivity index (χ1n) is 32.3. The number of guanidine groups is 1. The second kappa shape index (κ2) is 39.2. The molecule has 3 fully saturated rings. The second-order valence-electron chi connectivity index (χ2n) is 24.3. The lowest BCUT2D eigenvalue weighted by Gasteiger charge is -2.33. The molecule has 4 heterocycles. The number of hydrogen-bond acceptors (Lipinski definition) is 21. The number of aliphatic hydroxyl groups is 4. The molecule has 4 rings (SSSR count). The quantitative estimate of drug-likeness (QED) is 0.0165. The fourth-order valence-electron chi connectivity index (χ4n) is 11.2. The standard InChI is InChI=1S/C59H96N18O20/c1-6-29(3)44(72-48(86)34(12-8-18-64-59(61)62)67-52(90)40-14-10-20-76(40)56(94)38(27-80)71-51(89)39-13-9-19-75(39)42(82)24-65-47(85)33(60)25-78)54(92)68-35(16-17-43(83)84)49(87)73-45(30(4)7-2)55(93)74-46(31(5)81)57(95)77-21-11-15-41(77)53(91)70-37(26-79)50(88)69-36(58(96)97)22-32-23-63-28-66-32/h23,28-31,33-41,44-46,78-81H,6-22,24-27,60H2,1-5H3,(H,63,66)(H,65,85)(H,67,90)(H,68,92)(H,69,88)(H,70,91)(H,71,89)(H,72,86)(H,73,87)(H,74,93)(H,83,84)(H,96,97)(H4,61,62,64)/t29-,30-,31+,33-,34-,35-,36-,37-,38-,39-,40-,41-,44-,45-,46-/m0/s1. The molecule has 3 aliphatic rings. The third kappa shape index (κ3) is 23.6. The molecule has 38 nitrogen and oxygen atoms in total. The third-order valence-corrected chi connectivity index (χ3v) is 17.2. The van der Waals surface area contributed by atoms with E-state index in [2.05, 4.69) is 62.8 Å². The molecule has 1 aromatic rings. The molecular formula is C59H96N18O20. The fourth-order valence-corrected chi connectivity index (χ4v) is 11.2. The van der Waals surface area contributed by atoms with E-state index in [0.717, 1.165) is 9.80 Å². The van der Waals surface area contributed by atoms with Gasteiger partial charge in [0.1, 0.15) is 72.5 Å². The molecule has 542 valence electrons. The zero-order chi connectivity index (χ0) is 72.4. The Kier molecular flexibility index (Phi) is 32.4. The van der Waals surface area contributed by atoms with E-state index in [1.165, 1.54) is 24.3 Å². The minimum atomic E-state index is -1.77. The van der Waals surface area contributed by atoms with E-state index in [0.29, 0.717) is 12.1 Å². The Morgan fingerprint density at radius 3 is 1.53 bits per heavy atom. The lowest BCUT2D eigenvalue weighted by molar-refractivity contribution is -0.145. The van der Waals surface area contributed by atoms with Crippen molar-refractivity contribution < 1.29 is 97.8 Å². The molecular weight excluding hydrogens is 1280 g/mol. The molecule has 38 heteroatoms. The Morgan fingerprint density at radius 2 is 1.05 bits per heavy atom. The van der Waals surface area contributed by atoms with Crippen LogP contribution >= 0.6 is 0 Å². The molecule has 0 aromatic carbocycles. The maximum absolute atomic E-state index is 14.5. The summed E-state index contributed by atoms with van der Waals surface area (Å²) in [6.45, 7) is 4.49. The maximum atomic E-state index is 14.5. The van der Waals surface area contributed by atoms with Crippen LogP contribution in [0.2, 0.25) is 0 Å². The zero-order valence-corrected chi connectivity index (χ0v) is 55.0. The monoisotopic (exact) mass is 1380 g/mol. The average Bonchev–Trinajstić information content (AvgIpc) is 1.80. The van der Waals surface area contributed by atoms with Crippen LogP contribution in [0.3, 0.4) is 0 Å². The van der Waals surface area contributed by atoms with Crippen LogP contribution in [0, 0.1) is 11.8 Å². The molecule has 0 aliphatic carbocycles. The number of aliphatic hydroxyl groups excluding tert-OH is 4. The molecule has 15 atom stereocenters. The van der Waals surface area contributed by atoms with Gasteiger partial charge in [-0.3, -0.25) is 67.3 Å². The van der Waals surface area contributed by atoms with Gasteiger partial charge >= 0.3 is 11.9 Å². The summed E-state index contributed by atoms with van der Waals surface area (Å²) in [4.78, 5) is 204. The van der Waals surface area contributed by atoms with Crippen LogP contribution < -0.4 is 65.1 Å². The number of rotatable bonds is 39. The van der Waals surface area contributed by atoms with E-state index in [9.17, 15) is 92.7 Å². The Labute approximate surface area is 558 Å². The van der Waals surface area contributed by atoms with Crippen molar-refractivity contribution in [1.29, 1.82) is 0 Å². The summed E-state index contributed by atoms with van der Waals surface area (Å²) in [6, 6.07) is -17.8. The number of nitrogens with zero attached hydrogens (tertiary/aromatic N) is 5. The van der Waals surface area contributed by atoms with E-state index in [4.69, 9.17) is 22.3 Å². The number of H-pyrrole nitrogens is 1. The van der Waals surface area contributed by atoms with Crippen molar-refractivity contribution in [2.24, 2.45) is 34.0 Å². The Balaban J connectivity index is 1.50. The smallest absolute Gasteiger partial charge is 0.326 e. The number of aliphatic carboxylic acids is 2. The molecule has 0 saturated carbocycles. The highest BCUT2D eigenvalue weighted by atomic mass is 16.4. The number of likely N-dealkylation sites (tertiary alicyclic amines) is 3. The van der Waals surface area contributed by atoms with Gasteiger partial charge in [-0.25, -0.2) is 9.78 Å². The van der Waals surface area contributed by atoms with Crippen LogP contribution in [0.5, 0.6) is 0 Å². The second-order valence-corrected chi connectivity index (χ2v) is 24.3. The minimum Gasteiger partial charge on any atom is -0.481 e. The van der Waals surface area contributed by atoms with Gasteiger partial charge in [0.05, 0.1) is 38.8 Å². The predicted molar refractivity (Wildman–Crippen MR) is 339 cm³/mol. The molecule has 97 heavy (non-hydrogen) atoms. The van der Waals surface area contributed by atoms with Crippen molar-refractivity contribution in [3.05, 3.63) is 18.2 Å². The average molecular weight is 1380 g/mol. The van der Waals surface area contributed by atoms with Gasteiger partial charge < -0.3 is 115 Å². The Hall–Kier alpha value is -9.14. The number of nitrogens with one attached hydrogen (secondary N) is 10. The number of carbonyl (C=O) groups excluding carboxylic acids is 12. The first kappa shape index (κ1) is 80.3. The van der Waals surface area contributed by atoms with Crippen molar-refractivity contribution in [2.45, 2.75) is 197 Å². The molecule has 0 spiro atoms. The van der Waals surface area contributed by atoms with Gasteiger partial charge in [-0.2, -0.15) is 0 Å². The van der Waals surface area contributed by atoms with E-state index in [1.807, 2.05) is 0 Å². The molecule has 3 saturated heterocycles. The first-order valence-corrected chi connectivity index (χ1v) is 32.3. The highest BCUT2D eigenvalue weighted by Gasteiger charge is 2.45. The van der Waals surface area contributed by atoms with Crippen LogP contribution in [0.15, 0.2) is 17.5 Å². The van der Waals surface area contributed by atoms with E-state index < -0.39 is 212 Å². The SMILES string of the molecule is CC[C@H](C)[C@H](NC(=O)[C@H](CCCN=C(N)N)NC(=O)[C@@H]1CCCN1C(=O)[C@H](CO)NC(=O)[C@@H]1CCCN1C(=O)CNC(=O)[C@@H](N)CO)C(=O)N[C@@H](CCC(=O)O)C(=O)N[C@H](C(=O)N[C@H](C(=O)N1CCC[C@H]1C(=O)N[C@@H](CO)C(=O)N[C@@H](Cc1cnc[nH]1)C(=O)O)[C@@H](C)O)[C@@H](C)CC. The highest BCUT2D eigenvalue weighted by molar-refractivity contribution is 6.00. The van der Waals surface area contributed by atoms with E-state index >= 15 is 0 Å². The van der Waals surface area contributed by atoms with Crippen molar-refractivity contribution >= 4 is 88.8 Å². The summed E-state index contributed by atoms with van der Waals surface area (Å²) in [7, 11) is 0. The van der Waals surface area contributed by atoms with Gasteiger partial charge in [0.25, 0.3) is 0 Å². The summed E-state index contributed by atoms with van der Waals surface area (Å²) in [5.41, 5.74) is 16.9. The summed E-state index contributed by atoms with van der Waals surface area (Å²) >= 11 is 0.